The number of hydrogen-bond donors (Lipinski definition) is 0. The number of benzene rings is 1. The van der Waals surface area contributed by atoms with Gasteiger partial charge in [-0.1, -0.05) is 37.7 Å². The van der Waals surface area contributed by atoms with E-state index in [4.69, 9.17) is 4.98 Å². The predicted molar refractivity (Wildman–Crippen MR) is 142 cm³/mol. The van der Waals surface area contributed by atoms with Crippen LogP contribution in [0.5, 0.6) is 0 Å². The molecule has 5 nitrogen and oxygen atoms in total. The van der Waals surface area contributed by atoms with Gasteiger partial charge in [0.2, 0.25) is 5.91 Å². The van der Waals surface area contributed by atoms with E-state index in [1.54, 1.807) is 15.9 Å². The Morgan fingerprint density at radius 1 is 1.15 bits per heavy atom. The fourth-order valence-electron chi connectivity index (χ4n) is 5.54. The summed E-state index contributed by atoms with van der Waals surface area (Å²) < 4.78 is 1.77. The van der Waals surface area contributed by atoms with Crippen LogP contribution in [0.25, 0.3) is 15.9 Å². The van der Waals surface area contributed by atoms with Gasteiger partial charge in [-0.25, -0.2) is 4.98 Å². The molecule has 0 bridgehead atoms. The highest BCUT2D eigenvalue weighted by Crippen LogP contribution is 2.35. The highest BCUT2D eigenvalue weighted by Gasteiger charge is 2.27. The van der Waals surface area contributed by atoms with Crippen molar-refractivity contribution in [1.29, 1.82) is 0 Å². The summed E-state index contributed by atoms with van der Waals surface area (Å²) in [6.07, 6.45) is 5.46. The van der Waals surface area contributed by atoms with E-state index in [0.29, 0.717) is 22.7 Å². The minimum atomic E-state index is 0.00765. The highest BCUT2D eigenvalue weighted by molar-refractivity contribution is 7.99. The number of rotatable bonds is 4. The Morgan fingerprint density at radius 3 is 2.65 bits per heavy atom. The van der Waals surface area contributed by atoms with E-state index in [1.807, 2.05) is 18.7 Å². The Hall–Kier alpha value is -2.12. The molecule has 1 amide bonds. The molecule has 3 aromatic rings. The third-order valence-corrected chi connectivity index (χ3v) is 9.22. The number of aromatic nitrogens is 2. The van der Waals surface area contributed by atoms with E-state index in [-0.39, 0.29) is 11.5 Å². The average molecular weight is 496 g/mol. The average Bonchev–Trinajstić information content (AvgIpc) is 3.17. The van der Waals surface area contributed by atoms with Crippen molar-refractivity contribution >= 4 is 39.2 Å². The van der Waals surface area contributed by atoms with Gasteiger partial charge in [-0.3, -0.25) is 14.2 Å². The molecule has 5 rings (SSSR count). The second-order valence-electron chi connectivity index (χ2n) is 10.2. The maximum Gasteiger partial charge on any atom is 0.267 e. The molecule has 2 aliphatic rings. The number of carbonyl (C=O) groups excluding carboxylic acids is 1. The van der Waals surface area contributed by atoms with Crippen LogP contribution in [-0.2, 0) is 17.6 Å². The van der Waals surface area contributed by atoms with Gasteiger partial charge in [-0.15, -0.1) is 11.3 Å². The Labute approximate surface area is 209 Å². The minimum Gasteiger partial charge on any atom is -0.341 e. The lowest BCUT2D eigenvalue weighted by Gasteiger charge is -2.35. The van der Waals surface area contributed by atoms with Crippen molar-refractivity contribution in [2.24, 2.45) is 11.8 Å². The lowest BCUT2D eigenvalue weighted by Crippen LogP contribution is -2.43. The number of aryl methyl sites for hydroxylation is 4. The first-order chi connectivity index (χ1) is 16.3. The van der Waals surface area contributed by atoms with E-state index >= 15 is 0 Å². The number of amides is 1. The van der Waals surface area contributed by atoms with Crippen LogP contribution in [0.15, 0.2) is 28.2 Å². The second kappa shape index (κ2) is 9.50. The number of piperidine rings is 1. The summed E-state index contributed by atoms with van der Waals surface area (Å²) in [4.78, 5) is 36.3. The first-order valence-electron chi connectivity index (χ1n) is 12.4. The molecule has 1 aromatic carbocycles. The Bertz CT molecular complexity index is 1300. The fourth-order valence-corrected chi connectivity index (χ4v) is 7.75. The molecule has 7 heteroatoms. The van der Waals surface area contributed by atoms with E-state index < -0.39 is 0 Å². The Morgan fingerprint density at radius 2 is 1.88 bits per heavy atom. The summed E-state index contributed by atoms with van der Waals surface area (Å²) >= 11 is 3.07. The first kappa shape index (κ1) is 23.6. The number of carbonyl (C=O) groups is 1. The summed E-state index contributed by atoms with van der Waals surface area (Å²) in [7, 11) is 0. The molecule has 2 atom stereocenters. The number of thioether (sulfide) groups is 1. The smallest absolute Gasteiger partial charge is 0.267 e. The summed E-state index contributed by atoms with van der Waals surface area (Å²) in [5.74, 6) is 1.49. The number of thiophene rings is 1. The molecule has 0 spiro atoms. The van der Waals surface area contributed by atoms with Gasteiger partial charge in [0.15, 0.2) is 5.16 Å². The van der Waals surface area contributed by atoms with Crippen LogP contribution >= 0.6 is 23.1 Å². The second-order valence-corrected chi connectivity index (χ2v) is 12.3. The van der Waals surface area contributed by atoms with Gasteiger partial charge in [-0.2, -0.15) is 0 Å². The quantitative estimate of drug-likeness (QED) is 0.352. The third kappa shape index (κ3) is 4.44. The van der Waals surface area contributed by atoms with Crippen LogP contribution in [0.4, 0.5) is 0 Å². The van der Waals surface area contributed by atoms with Gasteiger partial charge < -0.3 is 4.90 Å². The number of fused-ring (bicyclic) bond motifs is 3. The first-order valence-corrected chi connectivity index (χ1v) is 14.2. The molecule has 34 heavy (non-hydrogen) atoms. The molecule has 1 aliphatic carbocycles. The predicted octanol–water partition coefficient (Wildman–Crippen LogP) is 5.54. The van der Waals surface area contributed by atoms with Crippen LogP contribution in [0.2, 0.25) is 0 Å². The molecule has 1 saturated heterocycles. The van der Waals surface area contributed by atoms with Crippen LogP contribution in [0.3, 0.4) is 0 Å². The maximum atomic E-state index is 14.0. The van der Waals surface area contributed by atoms with Crippen molar-refractivity contribution in [3.63, 3.8) is 0 Å². The Kier molecular flexibility index (Phi) is 6.60. The molecule has 0 saturated carbocycles. The van der Waals surface area contributed by atoms with Gasteiger partial charge in [0.05, 0.1) is 16.8 Å². The summed E-state index contributed by atoms with van der Waals surface area (Å²) in [5, 5.41) is 1.41. The van der Waals surface area contributed by atoms with Gasteiger partial charge in [0, 0.05) is 18.0 Å². The summed E-state index contributed by atoms with van der Waals surface area (Å²) in [6.45, 7) is 10.1. The van der Waals surface area contributed by atoms with E-state index in [0.717, 1.165) is 59.4 Å². The van der Waals surface area contributed by atoms with Gasteiger partial charge in [0.25, 0.3) is 5.56 Å². The molecule has 1 aliphatic heterocycles. The SMILES string of the molecule is Cc1ccc(C)c(-n2c(SCC(=O)N3CC(C)CC(C)C3)nc3sc4c(c3c2=O)CCCC4)c1. The summed E-state index contributed by atoms with van der Waals surface area (Å²) in [5.41, 5.74) is 4.21. The largest absolute Gasteiger partial charge is 0.341 e. The van der Waals surface area contributed by atoms with Crippen molar-refractivity contribution in [2.75, 3.05) is 18.8 Å². The molecule has 1 fully saturated rings. The molecule has 0 N–H and O–H groups in total. The van der Waals surface area contributed by atoms with Crippen molar-refractivity contribution in [3.05, 3.63) is 50.1 Å². The normalized spacial score (nSPS) is 20.5. The lowest BCUT2D eigenvalue weighted by molar-refractivity contribution is -0.130. The molecule has 3 heterocycles. The zero-order chi connectivity index (χ0) is 24.0. The third-order valence-electron chi connectivity index (χ3n) is 7.11. The van der Waals surface area contributed by atoms with Crippen LogP contribution in [0, 0.1) is 25.7 Å². The number of nitrogens with zero attached hydrogens (tertiary/aromatic N) is 3. The zero-order valence-corrected chi connectivity index (χ0v) is 22.2. The maximum absolute atomic E-state index is 14.0. The molecular weight excluding hydrogens is 462 g/mol. The molecule has 0 radical (unpaired) electrons. The van der Waals surface area contributed by atoms with Crippen molar-refractivity contribution in [2.45, 2.75) is 65.0 Å². The molecule has 2 unspecified atom stereocenters. The summed E-state index contributed by atoms with van der Waals surface area (Å²) in [6, 6.07) is 6.18. The Balaban J connectivity index is 1.57. The van der Waals surface area contributed by atoms with Crippen molar-refractivity contribution in [1.82, 2.24) is 14.5 Å². The zero-order valence-electron chi connectivity index (χ0n) is 20.5. The lowest BCUT2D eigenvalue weighted by atomic mass is 9.92. The molecule has 2 aromatic heterocycles. The van der Waals surface area contributed by atoms with Crippen molar-refractivity contribution in [3.8, 4) is 5.69 Å². The van der Waals surface area contributed by atoms with E-state index in [9.17, 15) is 9.59 Å². The molecule has 180 valence electrons. The van der Waals surface area contributed by atoms with Gasteiger partial charge in [0.1, 0.15) is 4.83 Å². The monoisotopic (exact) mass is 495 g/mol. The topological polar surface area (TPSA) is 55.2 Å². The molecular formula is C27H33N3O2S2. The van der Waals surface area contributed by atoms with Crippen LogP contribution in [0.1, 0.15) is 54.7 Å². The van der Waals surface area contributed by atoms with E-state index in [2.05, 4.69) is 32.0 Å². The van der Waals surface area contributed by atoms with Gasteiger partial charge in [-0.05, 0) is 80.5 Å². The fraction of sp³-hybridized carbons (Fsp3) is 0.519. The van der Waals surface area contributed by atoms with Crippen LogP contribution < -0.4 is 5.56 Å². The number of hydrogen-bond acceptors (Lipinski definition) is 5. The highest BCUT2D eigenvalue weighted by atomic mass is 32.2. The van der Waals surface area contributed by atoms with Gasteiger partial charge >= 0.3 is 0 Å². The van der Waals surface area contributed by atoms with Crippen molar-refractivity contribution < 1.29 is 4.79 Å². The van der Waals surface area contributed by atoms with Crippen LogP contribution in [-0.4, -0.2) is 39.2 Å². The standard InChI is InChI=1S/C27H33N3O2S2/c1-16-9-10-19(4)21(12-16)30-26(32)24-20-7-5-6-8-22(20)34-25(24)28-27(30)33-15-23(31)29-13-17(2)11-18(3)14-29/h9-10,12,17-18H,5-8,11,13-15H2,1-4H3. The van der Waals surface area contributed by atoms with E-state index in [1.165, 1.54) is 35.0 Å². The minimum absolute atomic E-state index is 0.00765. The number of likely N-dealkylation sites (tertiary alicyclic amines) is 1.